The van der Waals surface area contributed by atoms with Gasteiger partial charge in [-0.05, 0) is 47.7 Å². The molecule has 140 valence electrons. The van der Waals surface area contributed by atoms with Crippen molar-refractivity contribution in [3.63, 3.8) is 0 Å². The van der Waals surface area contributed by atoms with E-state index in [0.717, 1.165) is 40.5 Å². The van der Waals surface area contributed by atoms with Gasteiger partial charge in [0.25, 0.3) is 11.1 Å². The molecule has 0 radical (unpaired) electrons. The minimum atomic E-state index is -0.334. The van der Waals surface area contributed by atoms with E-state index in [4.69, 9.17) is 4.74 Å². The van der Waals surface area contributed by atoms with Gasteiger partial charge in [0.15, 0.2) is 0 Å². The van der Waals surface area contributed by atoms with E-state index in [2.05, 4.69) is 12.2 Å². The number of amides is 2. The molecule has 0 aromatic heterocycles. The van der Waals surface area contributed by atoms with Crippen LogP contribution in [0.3, 0.4) is 0 Å². The van der Waals surface area contributed by atoms with Crippen LogP contribution in [0.2, 0.25) is 0 Å². The number of thioether (sulfide) groups is 1. The summed E-state index contributed by atoms with van der Waals surface area (Å²) in [4.78, 5) is 23.7. The lowest BCUT2D eigenvalue weighted by Gasteiger charge is -2.33. The summed E-state index contributed by atoms with van der Waals surface area (Å²) >= 11 is 0.940. The lowest BCUT2D eigenvalue weighted by molar-refractivity contribution is -0.115. The molecule has 0 spiro atoms. The summed E-state index contributed by atoms with van der Waals surface area (Å²) in [6.45, 7) is 3.05. The van der Waals surface area contributed by atoms with Gasteiger partial charge in [-0.1, -0.05) is 56.5 Å². The maximum atomic E-state index is 11.9. The number of hydrogen-bond donors (Lipinski definition) is 1. The van der Waals surface area contributed by atoms with Crippen LogP contribution >= 0.6 is 11.8 Å². The van der Waals surface area contributed by atoms with Gasteiger partial charge >= 0.3 is 0 Å². The molecule has 1 saturated heterocycles. The zero-order valence-corrected chi connectivity index (χ0v) is 16.2. The number of nitrogens with one attached hydrogen (secondary N) is 1. The second kappa shape index (κ2) is 7.39. The quantitative estimate of drug-likeness (QED) is 0.709. The third-order valence-electron chi connectivity index (χ3n) is 5.48. The molecule has 0 bridgehead atoms. The number of hydrogen-bond acceptors (Lipinski definition) is 4. The number of benzene rings is 2. The second-order valence-electron chi connectivity index (χ2n) is 7.71. The normalized spacial score (nSPS) is 20.9. The highest BCUT2D eigenvalue weighted by Crippen LogP contribution is 2.38. The zero-order chi connectivity index (χ0) is 18.9. The fourth-order valence-corrected chi connectivity index (χ4v) is 4.58. The van der Waals surface area contributed by atoms with Crippen LogP contribution in [-0.2, 0) is 4.79 Å². The Labute approximate surface area is 163 Å². The molecule has 1 saturated carbocycles. The molecule has 2 aromatic rings. The standard InChI is InChI=1S/C22H23NO3S/c1-22(11-5-2-6-12-22)14-26-18-10-9-15(16-7-3-4-8-17(16)18)13-19-20(24)23-21(25)27-19/h3-4,7-10,13H,2,5-6,11-12,14H2,1H3,(H,23,24,25)/b19-13-. The molecular formula is C22H23NO3S. The van der Waals surface area contributed by atoms with Crippen molar-refractivity contribution >= 4 is 39.8 Å². The minimum Gasteiger partial charge on any atom is -0.492 e. The van der Waals surface area contributed by atoms with Crippen LogP contribution in [0, 0.1) is 5.41 Å². The Morgan fingerprint density at radius 2 is 1.81 bits per heavy atom. The van der Waals surface area contributed by atoms with Crippen molar-refractivity contribution in [1.29, 1.82) is 0 Å². The summed E-state index contributed by atoms with van der Waals surface area (Å²) in [6.07, 6.45) is 8.11. The molecule has 27 heavy (non-hydrogen) atoms. The molecule has 2 aliphatic rings. The van der Waals surface area contributed by atoms with Gasteiger partial charge in [0.2, 0.25) is 0 Å². The van der Waals surface area contributed by atoms with E-state index in [-0.39, 0.29) is 16.6 Å². The first kappa shape index (κ1) is 18.1. The summed E-state index contributed by atoms with van der Waals surface area (Å²) in [5.41, 5.74) is 1.16. The summed E-state index contributed by atoms with van der Waals surface area (Å²) in [6, 6.07) is 12.0. The number of imide groups is 1. The molecule has 5 heteroatoms. The van der Waals surface area contributed by atoms with E-state index < -0.39 is 0 Å². The summed E-state index contributed by atoms with van der Waals surface area (Å²) in [7, 11) is 0. The SMILES string of the molecule is CC1(COc2ccc(/C=C3\SC(=O)NC3=O)c3ccccc23)CCCCC1. The molecule has 1 heterocycles. The van der Waals surface area contributed by atoms with Crippen LogP contribution in [0.1, 0.15) is 44.6 Å². The van der Waals surface area contributed by atoms with Gasteiger partial charge in [0.05, 0.1) is 11.5 Å². The van der Waals surface area contributed by atoms with Crippen LogP contribution in [0.5, 0.6) is 5.75 Å². The zero-order valence-electron chi connectivity index (χ0n) is 15.4. The molecule has 4 nitrogen and oxygen atoms in total. The molecule has 1 aliphatic carbocycles. The largest absolute Gasteiger partial charge is 0.492 e. The van der Waals surface area contributed by atoms with Crippen molar-refractivity contribution in [3.8, 4) is 5.75 Å². The average Bonchev–Trinajstić information content (AvgIpc) is 2.98. The molecule has 1 aliphatic heterocycles. The molecule has 2 aromatic carbocycles. The lowest BCUT2D eigenvalue weighted by atomic mass is 9.76. The van der Waals surface area contributed by atoms with E-state index in [9.17, 15) is 9.59 Å². The fourth-order valence-electron chi connectivity index (χ4n) is 3.91. The van der Waals surface area contributed by atoms with E-state index in [0.29, 0.717) is 4.91 Å². The Morgan fingerprint density at radius 3 is 2.52 bits per heavy atom. The van der Waals surface area contributed by atoms with E-state index >= 15 is 0 Å². The highest BCUT2D eigenvalue weighted by molar-refractivity contribution is 8.18. The Kier molecular flexibility index (Phi) is 4.96. The van der Waals surface area contributed by atoms with Crippen LogP contribution in [0.15, 0.2) is 41.3 Å². The summed E-state index contributed by atoms with van der Waals surface area (Å²) in [5.74, 6) is 0.541. The molecule has 4 rings (SSSR count). The maximum absolute atomic E-state index is 11.9. The maximum Gasteiger partial charge on any atom is 0.290 e. The van der Waals surface area contributed by atoms with Gasteiger partial charge in [-0.2, -0.15) is 0 Å². The topological polar surface area (TPSA) is 55.4 Å². The lowest BCUT2D eigenvalue weighted by Crippen LogP contribution is -2.27. The van der Waals surface area contributed by atoms with E-state index in [1.54, 1.807) is 6.08 Å². The summed E-state index contributed by atoms with van der Waals surface area (Å²) < 4.78 is 6.27. The number of ether oxygens (including phenoxy) is 1. The van der Waals surface area contributed by atoms with E-state index in [1.807, 2.05) is 36.4 Å². The molecule has 2 fully saturated rings. The van der Waals surface area contributed by atoms with Crippen LogP contribution in [0.25, 0.3) is 16.8 Å². The van der Waals surface area contributed by atoms with Crippen LogP contribution < -0.4 is 10.1 Å². The fraction of sp³-hybridized carbons (Fsp3) is 0.364. The molecule has 2 amide bonds. The van der Waals surface area contributed by atoms with Gasteiger partial charge in [-0.3, -0.25) is 14.9 Å². The van der Waals surface area contributed by atoms with Gasteiger partial charge in [-0.25, -0.2) is 0 Å². The predicted molar refractivity (Wildman–Crippen MR) is 110 cm³/mol. The Hall–Kier alpha value is -2.27. The van der Waals surface area contributed by atoms with Crippen LogP contribution in [0.4, 0.5) is 4.79 Å². The average molecular weight is 381 g/mol. The highest BCUT2D eigenvalue weighted by Gasteiger charge is 2.28. The highest BCUT2D eigenvalue weighted by atomic mass is 32.2. The number of rotatable bonds is 4. The second-order valence-corrected chi connectivity index (χ2v) is 8.73. The van der Waals surface area contributed by atoms with Crippen molar-refractivity contribution in [3.05, 3.63) is 46.9 Å². The number of carbonyl (C=O) groups is 2. The van der Waals surface area contributed by atoms with E-state index in [1.165, 1.54) is 32.1 Å². The van der Waals surface area contributed by atoms with Crippen molar-refractivity contribution in [2.45, 2.75) is 39.0 Å². The molecule has 0 unspecified atom stereocenters. The summed E-state index contributed by atoms with van der Waals surface area (Å²) in [5, 5.41) is 4.02. The van der Waals surface area contributed by atoms with Crippen molar-refractivity contribution in [2.24, 2.45) is 5.41 Å². The predicted octanol–water partition coefficient (Wildman–Crippen LogP) is 5.51. The minimum absolute atomic E-state index is 0.249. The van der Waals surface area contributed by atoms with Crippen molar-refractivity contribution in [2.75, 3.05) is 6.61 Å². The molecular weight excluding hydrogens is 358 g/mol. The van der Waals surface area contributed by atoms with Crippen molar-refractivity contribution < 1.29 is 14.3 Å². The molecule has 0 atom stereocenters. The van der Waals surface area contributed by atoms with Gasteiger partial charge in [0.1, 0.15) is 5.75 Å². The number of fused-ring (bicyclic) bond motifs is 1. The van der Waals surface area contributed by atoms with Gasteiger partial charge in [0, 0.05) is 10.8 Å². The first-order valence-electron chi connectivity index (χ1n) is 9.44. The Morgan fingerprint density at radius 1 is 1.07 bits per heavy atom. The van der Waals surface area contributed by atoms with Crippen LogP contribution in [-0.4, -0.2) is 17.8 Å². The van der Waals surface area contributed by atoms with Gasteiger partial charge in [-0.15, -0.1) is 0 Å². The van der Waals surface area contributed by atoms with Gasteiger partial charge < -0.3 is 4.74 Å². The molecule has 1 N–H and O–H groups in total. The van der Waals surface area contributed by atoms with Crippen molar-refractivity contribution in [1.82, 2.24) is 5.32 Å². The third kappa shape index (κ3) is 3.88. The Balaban J connectivity index is 1.63. The first-order chi connectivity index (χ1) is 13.0. The monoisotopic (exact) mass is 381 g/mol. The number of carbonyl (C=O) groups excluding carboxylic acids is 2. The third-order valence-corrected chi connectivity index (χ3v) is 6.29. The smallest absolute Gasteiger partial charge is 0.290 e. The Bertz CT molecular complexity index is 928. The first-order valence-corrected chi connectivity index (χ1v) is 10.3.